The van der Waals surface area contributed by atoms with Gasteiger partial charge in [-0.2, -0.15) is 11.8 Å². The highest BCUT2D eigenvalue weighted by Gasteiger charge is 2.25. The Bertz CT molecular complexity index is 436. The number of hydrogen-bond acceptors (Lipinski definition) is 4. The summed E-state index contributed by atoms with van der Waals surface area (Å²) >= 11 is 1.88. The van der Waals surface area contributed by atoms with E-state index in [9.17, 15) is 4.79 Å². The SMILES string of the molecule is CC1CSCCN1C(=O)c1ccc(N)cc1N. The van der Waals surface area contributed by atoms with E-state index in [0.717, 1.165) is 18.1 Å². The molecule has 0 saturated carbocycles. The van der Waals surface area contributed by atoms with Crippen molar-refractivity contribution in [1.29, 1.82) is 0 Å². The van der Waals surface area contributed by atoms with E-state index in [-0.39, 0.29) is 11.9 Å². The summed E-state index contributed by atoms with van der Waals surface area (Å²) in [5.41, 5.74) is 13.1. The fourth-order valence-corrected chi connectivity index (χ4v) is 2.97. The van der Waals surface area contributed by atoms with E-state index < -0.39 is 0 Å². The standard InChI is InChI=1S/C12H17N3OS/c1-8-7-17-5-4-15(8)12(16)10-3-2-9(13)6-11(10)14/h2-3,6,8H,4-5,7,13-14H2,1H3. The largest absolute Gasteiger partial charge is 0.399 e. The summed E-state index contributed by atoms with van der Waals surface area (Å²) in [4.78, 5) is 14.2. The second-order valence-corrected chi connectivity index (χ2v) is 5.42. The van der Waals surface area contributed by atoms with Crippen molar-refractivity contribution in [1.82, 2.24) is 4.90 Å². The highest BCUT2D eigenvalue weighted by molar-refractivity contribution is 7.99. The van der Waals surface area contributed by atoms with Gasteiger partial charge >= 0.3 is 0 Å². The summed E-state index contributed by atoms with van der Waals surface area (Å²) in [5.74, 6) is 1.99. The van der Waals surface area contributed by atoms with Crippen LogP contribution in [0.4, 0.5) is 11.4 Å². The molecule has 92 valence electrons. The van der Waals surface area contributed by atoms with Crippen LogP contribution in [-0.4, -0.2) is 34.9 Å². The van der Waals surface area contributed by atoms with Crippen molar-refractivity contribution in [3.63, 3.8) is 0 Å². The summed E-state index contributed by atoms with van der Waals surface area (Å²) in [7, 11) is 0. The number of thioether (sulfide) groups is 1. The van der Waals surface area contributed by atoms with Gasteiger partial charge in [-0.25, -0.2) is 0 Å². The Labute approximate surface area is 105 Å². The van der Waals surface area contributed by atoms with Crippen LogP contribution < -0.4 is 11.5 Å². The van der Waals surface area contributed by atoms with Crippen molar-refractivity contribution in [2.75, 3.05) is 29.5 Å². The molecule has 1 aliphatic heterocycles. The fourth-order valence-electron chi connectivity index (χ4n) is 1.96. The van der Waals surface area contributed by atoms with E-state index in [4.69, 9.17) is 11.5 Å². The average molecular weight is 251 g/mol. The van der Waals surface area contributed by atoms with Gasteiger partial charge < -0.3 is 16.4 Å². The first-order valence-electron chi connectivity index (χ1n) is 5.63. The van der Waals surface area contributed by atoms with Crippen LogP contribution in [0.2, 0.25) is 0 Å². The fraction of sp³-hybridized carbons (Fsp3) is 0.417. The smallest absolute Gasteiger partial charge is 0.256 e. The molecule has 1 saturated heterocycles. The van der Waals surface area contributed by atoms with Crippen LogP contribution in [0, 0.1) is 0 Å². The van der Waals surface area contributed by atoms with E-state index in [1.54, 1.807) is 18.2 Å². The van der Waals surface area contributed by atoms with Crippen LogP contribution in [0.25, 0.3) is 0 Å². The lowest BCUT2D eigenvalue weighted by Gasteiger charge is -2.33. The molecule has 1 aromatic carbocycles. The number of nitrogens with zero attached hydrogens (tertiary/aromatic N) is 1. The van der Waals surface area contributed by atoms with Crippen LogP contribution in [0.3, 0.4) is 0 Å². The summed E-state index contributed by atoms with van der Waals surface area (Å²) in [6.45, 7) is 2.85. The quantitative estimate of drug-likeness (QED) is 0.741. The van der Waals surface area contributed by atoms with Gasteiger partial charge in [0.1, 0.15) is 0 Å². The van der Waals surface area contributed by atoms with Crippen LogP contribution in [0.5, 0.6) is 0 Å². The molecule has 5 heteroatoms. The molecule has 0 aromatic heterocycles. The Morgan fingerprint density at radius 2 is 2.24 bits per heavy atom. The van der Waals surface area contributed by atoms with Crippen molar-refractivity contribution < 1.29 is 4.79 Å². The van der Waals surface area contributed by atoms with Crippen LogP contribution in [0.15, 0.2) is 18.2 Å². The van der Waals surface area contributed by atoms with Crippen LogP contribution >= 0.6 is 11.8 Å². The summed E-state index contributed by atoms with van der Waals surface area (Å²) in [6, 6.07) is 5.32. The van der Waals surface area contributed by atoms with Gasteiger partial charge in [-0.05, 0) is 25.1 Å². The molecule has 0 radical (unpaired) electrons. The van der Waals surface area contributed by atoms with Crippen molar-refractivity contribution in [3.05, 3.63) is 23.8 Å². The van der Waals surface area contributed by atoms with Gasteiger partial charge in [-0.3, -0.25) is 4.79 Å². The number of anilines is 2. The maximum atomic E-state index is 12.3. The summed E-state index contributed by atoms with van der Waals surface area (Å²) < 4.78 is 0. The van der Waals surface area contributed by atoms with Crippen molar-refractivity contribution >= 4 is 29.0 Å². The highest BCUT2D eigenvalue weighted by atomic mass is 32.2. The van der Waals surface area contributed by atoms with Crippen molar-refractivity contribution in [2.24, 2.45) is 0 Å². The molecule has 1 atom stereocenters. The molecule has 4 nitrogen and oxygen atoms in total. The Morgan fingerprint density at radius 3 is 2.88 bits per heavy atom. The number of nitrogens with two attached hydrogens (primary N) is 2. The first-order chi connectivity index (χ1) is 8.09. The maximum absolute atomic E-state index is 12.3. The third-order valence-corrected chi connectivity index (χ3v) is 4.12. The van der Waals surface area contributed by atoms with Gasteiger partial charge in [0, 0.05) is 35.5 Å². The van der Waals surface area contributed by atoms with Gasteiger partial charge in [0.15, 0.2) is 0 Å². The lowest BCUT2D eigenvalue weighted by atomic mass is 10.1. The molecule has 1 amide bonds. The third-order valence-electron chi connectivity index (χ3n) is 2.93. The number of amides is 1. The van der Waals surface area contributed by atoms with Gasteiger partial charge in [0.05, 0.1) is 5.56 Å². The van der Waals surface area contributed by atoms with Crippen LogP contribution in [-0.2, 0) is 0 Å². The number of hydrogen-bond donors (Lipinski definition) is 2. The minimum Gasteiger partial charge on any atom is -0.399 e. The van der Waals surface area contributed by atoms with Gasteiger partial charge in [0.25, 0.3) is 5.91 Å². The van der Waals surface area contributed by atoms with Crippen LogP contribution in [0.1, 0.15) is 17.3 Å². The number of benzene rings is 1. The first kappa shape index (κ1) is 12.1. The molecule has 4 N–H and O–H groups in total. The minimum absolute atomic E-state index is 0.00954. The molecular formula is C12H17N3OS. The normalized spacial score (nSPS) is 20.3. The minimum atomic E-state index is 0.00954. The monoisotopic (exact) mass is 251 g/mol. The van der Waals surface area contributed by atoms with Crippen molar-refractivity contribution in [3.8, 4) is 0 Å². The molecule has 1 aliphatic rings. The molecule has 0 spiro atoms. The summed E-state index contributed by atoms with van der Waals surface area (Å²) in [5, 5.41) is 0. The van der Waals surface area contributed by atoms with E-state index in [1.807, 2.05) is 16.7 Å². The Morgan fingerprint density at radius 1 is 1.47 bits per heavy atom. The van der Waals surface area contributed by atoms with E-state index in [2.05, 4.69) is 6.92 Å². The molecule has 1 heterocycles. The Balaban J connectivity index is 2.24. The molecule has 17 heavy (non-hydrogen) atoms. The first-order valence-corrected chi connectivity index (χ1v) is 6.79. The Kier molecular flexibility index (Phi) is 3.47. The van der Waals surface area contributed by atoms with Gasteiger partial charge in [0.2, 0.25) is 0 Å². The zero-order valence-electron chi connectivity index (χ0n) is 9.85. The van der Waals surface area contributed by atoms with Gasteiger partial charge in [-0.1, -0.05) is 0 Å². The predicted molar refractivity (Wildman–Crippen MR) is 73.1 cm³/mol. The Hall–Kier alpha value is -1.36. The van der Waals surface area contributed by atoms with E-state index in [1.165, 1.54) is 0 Å². The molecule has 0 aliphatic carbocycles. The lowest BCUT2D eigenvalue weighted by Crippen LogP contribution is -2.44. The number of nitrogen functional groups attached to an aromatic ring is 2. The molecule has 1 fully saturated rings. The lowest BCUT2D eigenvalue weighted by molar-refractivity contribution is 0.0717. The highest BCUT2D eigenvalue weighted by Crippen LogP contribution is 2.22. The predicted octanol–water partition coefficient (Wildman–Crippen LogP) is 1.43. The second kappa shape index (κ2) is 4.87. The zero-order chi connectivity index (χ0) is 12.4. The summed E-state index contributed by atoms with van der Waals surface area (Å²) in [6.07, 6.45) is 0. The van der Waals surface area contributed by atoms with Crippen molar-refractivity contribution in [2.45, 2.75) is 13.0 Å². The molecule has 2 rings (SSSR count). The topological polar surface area (TPSA) is 72.3 Å². The van der Waals surface area contributed by atoms with Gasteiger partial charge in [-0.15, -0.1) is 0 Å². The zero-order valence-corrected chi connectivity index (χ0v) is 10.7. The molecule has 1 aromatic rings. The molecule has 1 unspecified atom stereocenters. The molecular weight excluding hydrogens is 234 g/mol. The van der Waals surface area contributed by atoms with E-state index in [0.29, 0.717) is 16.9 Å². The number of carbonyl (C=O) groups excluding carboxylic acids is 1. The molecule has 0 bridgehead atoms. The third kappa shape index (κ3) is 2.49. The second-order valence-electron chi connectivity index (χ2n) is 4.27. The maximum Gasteiger partial charge on any atom is 0.256 e. The van der Waals surface area contributed by atoms with E-state index >= 15 is 0 Å². The average Bonchev–Trinajstić information content (AvgIpc) is 2.29. The number of rotatable bonds is 1. The number of carbonyl (C=O) groups is 1.